The molecular formula is C21H17I. The van der Waals surface area contributed by atoms with Crippen LogP contribution in [0.5, 0.6) is 0 Å². The molecule has 0 nitrogen and oxygen atoms in total. The molecule has 0 heterocycles. The Bertz CT molecular complexity index is 849. The molecule has 0 aliphatic heterocycles. The number of hydrogen-bond donors (Lipinski definition) is 0. The van der Waals surface area contributed by atoms with Gasteiger partial charge in [0.05, 0.1) is 0 Å². The minimum absolute atomic E-state index is 0.570. The summed E-state index contributed by atoms with van der Waals surface area (Å²) in [4.78, 5) is 0. The van der Waals surface area contributed by atoms with Crippen molar-refractivity contribution in [2.45, 2.75) is 12.8 Å². The van der Waals surface area contributed by atoms with Crippen LogP contribution in [0.2, 0.25) is 0 Å². The van der Waals surface area contributed by atoms with Gasteiger partial charge in [0.15, 0.2) is 0 Å². The first-order valence-corrected chi connectivity index (χ1v) is 8.81. The Labute approximate surface area is 145 Å². The number of hydrogen-bond acceptors (Lipinski definition) is 0. The molecule has 2 aliphatic rings. The summed E-state index contributed by atoms with van der Waals surface area (Å²) in [5.74, 6) is 0.570. The number of halogens is 1. The number of benzene rings is 2. The van der Waals surface area contributed by atoms with Crippen LogP contribution in [-0.2, 0) is 6.42 Å². The molecule has 2 aromatic carbocycles. The van der Waals surface area contributed by atoms with Crippen molar-refractivity contribution < 1.29 is 0 Å². The van der Waals surface area contributed by atoms with Crippen LogP contribution in [0.4, 0.5) is 0 Å². The van der Waals surface area contributed by atoms with Crippen LogP contribution in [0, 0.1) is 9.49 Å². The van der Waals surface area contributed by atoms with Crippen LogP contribution >= 0.6 is 22.6 Å². The predicted molar refractivity (Wildman–Crippen MR) is 103 cm³/mol. The van der Waals surface area contributed by atoms with Crippen LogP contribution in [0.3, 0.4) is 0 Å². The van der Waals surface area contributed by atoms with E-state index < -0.39 is 0 Å². The van der Waals surface area contributed by atoms with E-state index in [2.05, 4.69) is 95.4 Å². The zero-order chi connectivity index (χ0) is 14.9. The summed E-state index contributed by atoms with van der Waals surface area (Å²) in [6, 6.07) is 13.4. The van der Waals surface area contributed by atoms with Crippen molar-refractivity contribution in [1.29, 1.82) is 0 Å². The highest BCUT2D eigenvalue weighted by Gasteiger charge is 2.17. The van der Waals surface area contributed by atoms with Crippen molar-refractivity contribution in [2.75, 3.05) is 0 Å². The maximum Gasteiger partial charge on any atom is 0.0136 e. The third-order valence-electron chi connectivity index (χ3n) is 4.52. The van der Waals surface area contributed by atoms with E-state index in [1.807, 2.05) is 0 Å². The molecule has 0 saturated carbocycles. The van der Waals surface area contributed by atoms with Crippen LogP contribution in [0.25, 0.3) is 10.8 Å². The third-order valence-corrected chi connectivity index (χ3v) is 5.19. The minimum Gasteiger partial charge on any atom is -0.0833 e. The highest BCUT2D eigenvalue weighted by molar-refractivity contribution is 14.1. The topological polar surface area (TPSA) is 0 Å². The summed E-state index contributed by atoms with van der Waals surface area (Å²) in [5.41, 5.74) is 4.38. The van der Waals surface area contributed by atoms with Gasteiger partial charge in [-0.2, -0.15) is 0 Å². The van der Waals surface area contributed by atoms with Crippen molar-refractivity contribution in [1.82, 2.24) is 0 Å². The van der Waals surface area contributed by atoms with Crippen LogP contribution in [0.1, 0.15) is 12.0 Å². The lowest BCUT2D eigenvalue weighted by atomic mass is 9.82. The molecule has 0 N–H and O–H groups in total. The Kier molecular flexibility index (Phi) is 3.75. The van der Waals surface area contributed by atoms with Gasteiger partial charge in [0.2, 0.25) is 0 Å². The smallest absolute Gasteiger partial charge is 0.0136 e. The third kappa shape index (κ3) is 2.58. The Morgan fingerprint density at radius 1 is 1.05 bits per heavy atom. The molecule has 1 unspecified atom stereocenters. The number of allylic oxidation sites excluding steroid dienone is 8. The lowest BCUT2D eigenvalue weighted by Crippen LogP contribution is -2.08. The highest BCUT2D eigenvalue weighted by atomic mass is 127. The fraction of sp³-hybridized carbons (Fsp3) is 0.143. The van der Waals surface area contributed by atoms with Crippen molar-refractivity contribution in [3.8, 4) is 0 Å². The van der Waals surface area contributed by atoms with Crippen molar-refractivity contribution in [3.63, 3.8) is 0 Å². The molecule has 0 radical (unpaired) electrons. The zero-order valence-corrected chi connectivity index (χ0v) is 14.5. The van der Waals surface area contributed by atoms with Gasteiger partial charge in [-0.15, -0.1) is 0 Å². The monoisotopic (exact) mass is 396 g/mol. The Hall–Kier alpha value is -1.61. The molecule has 1 atom stereocenters. The van der Waals surface area contributed by atoms with E-state index >= 15 is 0 Å². The van der Waals surface area contributed by atoms with Gasteiger partial charge < -0.3 is 0 Å². The van der Waals surface area contributed by atoms with E-state index in [4.69, 9.17) is 0 Å². The second kappa shape index (κ2) is 5.88. The normalized spacial score (nSPS) is 19.8. The molecule has 22 heavy (non-hydrogen) atoms. The first kappa shape index (κ1) is 14.0. The summed E-state index contributed by atoms with van der Waals surface area (Å²) < 4.78 is 1.29. The van der Waals surface area contributed by atoms with Crippen molar-refractivity contribution >= 4 is 33.4 Å². The summed E-state index contributed by atoms with van der Waals surface area (Å²) in [7, 11) is 0. The summed E-state index contributed by atoms with van der Waals surface area (Å²) in [6.07, 6.45) is 15.7. The number of fused-ring (bicyclic) bond motifs is 2. The van der Waals surface area contributed by atoms with Gasteiger partial charge in [-0.3, -0.25) is 0 Å². The number of rotatable bonds is 2. The molecule has 0 aromatic heterocycles. The first-order chi connectivity index (χ1) is 10.8. The largest absolute Gasteiger partial charge is 0.0833 e. The van der Waals surface area contributed by atoms with Gasteiger partial charge in [0.25, 0.3) is 0 Å². The molecule has 1 heteroatoms. The Morgan fingerprint density at radius 3 is 2.95 bits per heavy atom. The van der Waals surface area contributed by atoms with E-state index in [0.717, 1.165) is 12.8 Å². The van der Waals surface area contributed by atoms with E-state index in [1.165, 1.54) is 31.1 Å². The summed E-state index contributed by atoms with van der Waals surface area (Å²) >= 11 is 2.38. The summed E-state index contributed by atoms with van der Waals surface area (Å²) in [6.45, 7) is 0. The molecule has 2 aliphatic carbocycles. The zero-order valence-electron chi connectivity index (χ0n) is 12.3. The average molecular weight is 396 g/mol. The lowest BCUT2D eigenvalue weighted by Gasteiger charge is -2.23. The maximum absolute atomic E-state index is 2.38. The predicted octanol–water partition coefficient (Wildman–Crippen LogP) is 5.99. The second-order valence-corrected chi connectivity index (χ2v) is 7.17. The average Bonchev–Trinajstić information content (AvgIpc) is 2.55. The van der Waals surface area contributed by atoms with Gasteiger partial charge >= 0.3 is 0 Å². The van der Waals surface area contributed by atoms with Crippen LogP contribution < -0.4 is 0 Å². The van der Waals surface area contributed by atoms with Crippen molar-refractivity contribution in [3.05, 3.63) is 93.1 Å². The standard InChI is InChI=1S/C21H17I/c22-19-11-12-21-17(8-4-9-18(21)14-19)13-16-7-3-6-15-5-1-2-10-20(15)16/h1-5,7-12,14-15H,6,13H2. The molecule has 0 bridgehead atoms. The van der Waals surface area contributed by atoms with E-state index in [0.29, 0.717) is 5.92 Å². The first-order valence-electron chi connectivity index (χ1n) is 7.73. The lowest BCUT2D eigenvalue weighted by molar-refractivity contribution is 0.762. The van der Waals surface area contributed by atoms with Crippen LogP contribution in [0.15, 0.2) is 84.0 Å². The van der Waals surface area contributed by atoms with Gasteiger partial charge in [0.1, 0.15) is 0 Å². The molecular weight excluding hydrogens is 379 g/mol. The van der Waals surface area contributed by atoms with E-state index in [1.54, 1.807) is 0 Å². The van der Waals surface area contributed by atoms with Gasteiger partial charge in [-0.1, -0.05) is 60.7 Å². The second-order valence-electron chi connectivity index (χ2n) is 5.93. The molecule has 4 rings (SSSR count). The SMILES string of the molecule is Ic1ccc2c(CC3=C4C=CC=CC4CC=C3)cccc2c1. The molecule has 2 aromatic rings. The maximum atomic E-state index is 2.38. The van der Waals surface area contributed by atoms with Crippen LogP contribution in [-0.4, -0.2) is 0 Å². The van der Waals surface area contributed by atoms with E-state index in [-0.39, 0.29) is 0 Å². The van der Waals surface area contributed by atoms with Crippen molar-refractivity contribution in [2.24, 2.45) is 5.92 Å². The van der Waals surface area contributed by atoms with Gasteiger partial charge in [-0.25, -0.2) is 0 Å². The van der Waals surface area contributed by atoms with Gasteiger partial charge in [0, 0.05) is 9.49 Å². The molecule has 0 amide bonds. The fourth-order valence-corrected chi connectivity index (χ4v) is 3.95. The Morgan fingerprint density at radius 2 is 2.00 bits per heavy atom. The quantitative estimate of drug-likeness (QED) is 0.548. The molecule has 108 valence electrons. The molecule has 0 saturated heterocycles. The fourth-order valence-electron chi connectivity index (χ4n) is 3.43. The molecule has 0 fully saturated rings. The summed E-state index contributed by atoms with van der Waals surface area (Å²) in [5, 5.41) is 2.72. The van der Waals surface area contributed by atoms with E-state index in [9.17, 15) is 0 Å². The molecule has 0 spiro atoms. The van der Waals surface area contributed by atoms with Gasteiger partial charge in [-0.05, 0) is 75.0 Å². The Balaban J connectivity index is 1.78. The highest BCUT2D eigenvalue weighted by Crippen LogP contribution is 2.33. The minimum atomic E-state index is 0.570.